The molecular formula is C26H27N3O4. The molecule has 0 bridgehead atoms. The second-order valence-corrected chi connectivity index (χ2v) is 7.40. The monoisotopic (exact) mass is 445 g/mol. The number of hydrogen-bond donors (Lipinski definition) is 1. The van der Waals surface area contributed by atoms with Gasteiger partial charge in [-0.2, -0.15) is 0 Å². The fraction of sp³-hybridized carbons (Fsp3) is 0.231. The molecule has 170 valence electrons. The first kappa shape index (κ1) is 22.2. The molecule has 1 heterocycles. The molecule has 1 N–H and O–H groups in total. The van der Waals surface area contributed by atoms with Gasteiger partial charge in [-0.25, -0.2) is 4.98 Å². The molecule has 0 atom stereocenters. The molecule has 0 saturated carbocycles. The van der Waals surface area contributed by atoms with Crippen molar-refractivity contribution in [3.05, 3.63) is 84.7 Å². The van der Waals surface area contributed by atoms with Crippen molar-refractivity contribution < 1.29 is 19.0 Å². The van der Waals surface area contributed by atoms with Crippen molar-refractivity contribution >= 4 is 16.9 Å². The lowest BCUT2D eigenvalue weighted by molar-refractivity contribution is -0.123. The highest BCUT2D eigenvalue weighted by molar-refractivity contribution is 5.78. The maximum Gasteiger partial charge on any atom is 0.258 e. The normalized spacial score (nSPS) is 10.7. The lowest BCUT2D eigenvalue weighted by Gasteiger charge is -2.13. The molecule has 1 amide bonds. The van der Waals surface area contributed by atoms with Crippen LogP contribution in [0, 0.1) is 0 Å². The van der Waals surface area contributed by atoms with Crippen LogP contribution in [-0.4, -0.2) is 35.8 Å². The van der Waals surface area contributed by atoms with E-state index in [1.807, 2.05) is 78.9 Å². The van der Waals surface area contributed by atoms with Crippen LogP contribution in [0.15, 0.2) is 78.9 Å². The predicted molar refractivity (Wildman–Crippen MR) is 127 cm³/mol. The van der Waals surface area contributed by atoms with Crippen LogP contribution < -0.4 is 19.5 Å². The van der Waals surface area contributed by atoms with Gasteiger partial charge in [0.2, 0.25) is 0 Å². The minimum Gasteiger partial charge on any atom is -0.493 e. The molecule has 33 heavy (non-hydrogen) atoms. The van der Waals surface area contributed by atoms with Crippen molar-refractivity contribution in [3.63, 3.8) is 0 Å². The van der Waals surface area contributed by atoms with E-state index in [4.69, 9.17) is 19.2 Å². The first-order chi connectivity index (χ1) is 16.2. The van der Waals surface area contributed by atoms with E-state index >= 15 is 0 Å². The number of aromatic nitrogens is 2. The Morgan fingerprint density at radius 1 is 0.909 bits per heavy atom. The summed E-state index contributed by atoms with van der Waals surface area (Å²) in [5, 5.41) is 2.91. The van der Waals surface area contributed by atoms with E-state index in [0.29, 0.717) is 31.2 Å². The number of nitrogens with one attached hydrogen (secondary N) is 1. The minimum absolute atomic E-state index is 0.0447. The van der Waals surface area contributed by atoms with Gasteiger partial charge in [0.05, 0.1) is 31.3 Å². The third-order valence-electron chi connectivity index (χ3n) is 5.14. The largest absolute Gasteiger partial charge is 0.493 e. The molecule has 0 aliphatic heterocycles. The average Bonchev–Trinajstić information content (AvgIpc) is 3.22. The summed E-state index contributed by atoms with van der Waals surface area (Å²) < 4.78 is 18.9. The smallest absolute Gasteiger partial charge is 0.258 e. The highest BCUT2D eigenvalue weighted by Crippen LogP contribution is 2.26. The van der Waals surface area contributed by atoms with Gasteiger partial charge in [0.25, 0.3) is 5.91 Å². The lowest BCUT2D eigenvalue weighted by Crippen LogP contribution is -2.29. The molecule has 0 aliphatic carbocycles. The third-order valence-corrected chi connectivity index (χ3v) is 5.14. The molecule has 4 aromatic rings. The summed E-state index contributed by atoms with van der Waals surface area (Å²) in [5.74, 6) is 2.70. The number of rotatable bonds is 11. The number of aryl methyl sites for hydroxylation is 1. The van der Waals surface area contributed by atoms with E-state index in [0.717, 1.165) is 29.0 Å². The summed E-state index contributed by atoms with van der Waals surface area (Å²) in [4.78, 5) is 17.0. The van der Waals surface area contributed by atoms with Crippen LogP contribution in [0.3, 0.4) is 0 Å². The molecular weight excluding hydrogens is 418 g/mol. The summed E-state index contributed by atoms with van der Waals surface area (Å²) in [5.41, 5.74) is 1.92. The summed E-state index contributed by atoms with van der Waals surface area (Å²) in [6, 6.07) is 24.8. The van der Waals surface area contributed by atoms with Gasteiger partial charge in [-0.3, -0.25) is 4.79 Å². The van der Waals surface area contributed by atoms with Gasteiger partial charge >= 0.3 is 0 Å². The quantitative estimate of drug-likeness (QED) is 0.350. The van der Waals surface area contributed by atoms with Gasteiger partial charge in [0.1, 0.15) is 11.6 Å². The second kappa shape index (κ2) is 11.0. The Kier molecular flexibility index (Phi) is 7.43. The third kappa shape index (κ3) is 5.83. The maximum absolute atomic E-state index is 12.3. The zero-order valence-electron chi connectivity index (χ0n) is 18.6. The zero-order chi connectivity index (χ0) is 22.9. The molecule has 0 spiro atoms. The van der Waals surface area contributed by atoms with E-state index in [-0.39, 0.29) is 12.5 Å². The number of carbonyl (C=O) groups is 1. The molecule has 1 aromatic heterocycles. The molecule has 0 unspecified atom stereocenters. The number of hydrogen-bond acceptors (Lipinski definition) is 5. The van der Waals surface area contributed by atoms with Gasteiger partial charge in [-0.05, 0) is 42.8 Å². The van der Waals surface area contributed by atoms with Crippen molar-refractivity contribution in [2.45, 2.75) is 19.5 Å². The van der Waals surface area contributed by atoms with Crippen molar-refractivity contribution in [3.8, 4) is 17.2 Å². The maximum atomic E-state index is 12.3. The zero-order valence-corrected chi connectivity index (χ0v) is 18.6. The van der Waals surface area contributed by atoms with Gasteiger partial charge in [0, 0.05) is 6.54 Å². The minimum atomic E-state index is -0.197. The number of amides is 1. The highest BCUT2D eigenvalue weighted by Gasteiger charge is 2.12. The second-order valence-electron chi connectivity index (χ2n) is 7.40. The van der Waals surface area contributed by atoms with Gasteiger partial charge < -0.3 is 24.1 Å². The highest BCUT2D eigenvalue weighted by atomic mass is 16.5. The molecule has 3 aromatic carbocycles. The first-order valence-electron chi connectivity index (χ1n) is 10.9. The van der Waals surface area contributed by atoms with E-state index in [1.54, 1.807) is 7.11 Å². The summed E-state index contributed by atoms with van der Waals surface area (Å²) in [7, 11) is 1.63. The summed E-state index contributed by atoms with van der Waals surface area (Å²) in [6.45, 7) is 1.51. The molecule has 4 rings (SSSR count). The van der Waals surface area contributed by atoms with E-state index in [9.17, 15) is 4.79 Å². The van der Waals surface area contributed by atoms with Crippen molar-refractivity contribution in [2.75, 3.05) is 20.3 Å². The Morgan fingerprint density at radius 3 is 2.45 bits per heavy atom. The number of fused-ring (bicyclic) bond motifs is 1. The van der Waals surface area contributed by atoms with Crippen LogP contribution in [0.5, 0.6) is 17.2 Å². The first-order valence-corrected chi connectivity index (χ1v) is 10.9. The number of imidazole rings is 1. The molecule has 7 heteroatoms. The van der Waals surface area contributed by atoms with E-state index in [1.165, 1.54) is 0 Å². The Labute approximate surface area is 192 Å². The van der Waals surface area contributed by atoms with E-state index in [2.05, 4.69) is 9.88 Å². The fourth-order valence-electron chi connectivity index (χ4n) is 3.55. The lowest BCUT2D eigenvalue weighted by atomic mass is 10.3. The molecule has 0 saturated heterocycles. The van der Waals surface area contributed by atoms with E-state index < -0.39 is 0 Å². The van der Waals surface area contributed by atoms with Crippen LogP contribution in [0.2, 0.25) is 0 Å². The number of methoxy groups -OCH3 is 1. The van der Waals surface area contributed by atoms with Gasteiger partial charge in [0.15, 0.2) is 18.1 Å². The topological polar surface area (TPSA) is 74.6 Å². The Hall–Kier alpha value is -4.00. The van der Waals surface area contributed by atoms with Crippen molar-refractivity contribution in [2.24, 2.45) is 0 Å². The predicted octanol–water partition coefficient (Wildman–Crippen LogP) is 4.21. The fourth-order valence-corrected chi connectivity index (χ4v) is 3.55. The SMILES string of the molecule is COc1ccccc1OCCCn1c(CNC(=O)COc2ccccc2)nc2ccccc21. The number of nitrogens with zero attached hydrogens (tertiary/aromatic N) is 2. The summed E-state index contributed by atoms with van der Waals surface area (Å²) >= 11 is 0. The Morgan fingerprint density at radius 2 is 1.64 bits per heavy atom. The molecule has 0 fully saturated rings. The van der Waals surface area contributed by atoms with Crippen LogP contribution in [-0.2, 0) is 17.9 Å². The number of carbonyl (C=O) groups excluding carboxylic acids is 1. The standard InChI is InChI=1S/C26H27N3O4/c1-31-23-14-7-8-15-24(23)32-17-9-16-29-22-13-6-5-12-21(22)28-25(29)18-27-26(30)19-33-20-10-3-2-4-11-20/h2-8,10-15H,9,16-19H2,1H3,(H,27,30). The molecule has 7 nitrogen and oxygen atoms in total. The van der Waals surface area contributed by atoms with Crippen LogP contribution in [0.1, 0.15) is 12.2 Å². The Balaban J connectivity index is 1.35. The Bertz CT molecular complexity index is 1190. The number of benzene rings is 3. The number of para-hydroxylation sites is 5. The average molecular weight is 446 g/mol. The molecule has 0 radical (unpaired) electrons. The molecule has 0 aliphatic rings. The summed E-state index contributed by atoms with van der Waals surface area (Å²) in [6.07, 6.45) is 0.774. The van der Waals surface area contributed by atoms with Gasteiger partial charge in [-0.15, -0.1) is 0 Å². The van der Waals surface area contributed by atoms with Crippen LogP contribution in [0.4, 0.5) is 0 Å². The van der Waals surface area contributed by atoms with Crippen LogP contribution in [0.25, 0.3) is 11.0 Å². The van der Waals surface area contributed by atoms with Crippen LogP contribution >= 0.6 is 0 Å². The number of ether oxygens (including phenoxy) is 3. The van der Waals surface area contributed by atoms with Crippen molar-refractivity contribution in [1.29, 1.82) is 0 Å². The van der Waals surface area contributed by atoms with Gasteiger partial charge in [-0.1, -0.05) is 42.5 Å². The van der Waals surface area contributed by atoms with Crippen molar-refractivity contribution in [1.82, 2.24) is 14.9 Å².